The van der Waals surface area contributed by atoms with Crippen molar-refractivity contribution in [2.24, 2.45) is 0 Å². The minimum atomic E-state index is -0.0981. The predicted molar refractivity (Wildman–Crippen MR) is 116 cm³/mol. The number of nitrogens with one attached hydrogen (secondary N) is 1. The second-order valence-corrected chi connectivity index (χ2v) is 7.28. The van der Waals surface area contributed by atoms with Gasteiger partial charge in [0.1, 0.15) is 11.4 Å². The molecule has 1 aromatic heterocycles. The Bertz CT molecular complexity index is 994. The van der Waals surface area contributed by atoms with Crippen LogP contribution in [0.1, 0.15) is 16.1 Å². The molecule has 0 aliphatic carbocycles. The van der Waals surface area contributed by atoms with Crippen LogP contribution < -0.4 is 9.64 Å². The molecule has 3 aromatic rings. The first-order valence-corrected chi connectivity index (χ1v) is 10.0. The third kappa shape index (κ3) is 4.31. The summed E-state index contributed by atoms with van der Waals surface area (Å²) >= 11 is 0. The number of hydrogen-bond acceptors (Lipinski definition) is 5. The highest BCUT2D eigenvalue weighted by molar-refractivity contribution is 5.93. The van der Waals surface area contributed by atoms with Crippen molar-refractivity contribution in [3.63, 3.8) is 0 Å². The average molecular weight is 406 g/mol. The molecule has 7 heteroatoms. The smallest absolute Gasteiger partial charge is 0.271 e. The molecule has 0 radical (unpaired) electrons. The largest absolute Gasteiger partial charge is 0.497 e. The van der Waals surface area contributed by atoms with E-state index < -0.39 is 0 Å². The van der Waals surface area contributed by atoms with E-state index in [1.54, 1.807) is 18.1 Å². The van der Waals surface area contributed by atoms with Crippen LogP contribution in [0.3, 0.4) is 0 Å². The third-order valence-electron chi connectivity index (χ3n) is 5.29. The van der Waals surface area contributed by atoms with E-state index in [9.17, 15) is 4.79 Å². The Morgan fingerprint density at radius 3 is 2.63 bits per heavy atom. The van der Waals surface area contributed by atoms with Gasteiger partial charge < -0.3 is 19.3 Å². The number of methoxy groups -OCH3 is 1. The van der Waals surface area contributed by atoms with Crippen molar-refractivity contribution >= 4 is 11.6 Å². The molecule has 0 bridgehead atoms. The van der Waals surface area contributed by atoms with E-state index >= 15 is 0 Å². The maximum atomic E-state index is 13.0. The van der Waals surface area contributed by atoms with Crippen LogP contribution in [0.4, 0.5) is 5.69 Å². The number of morpholine rings is 1. The standard InChI is InChI=1S/C23H26N4O3/c1-26(16-18-5-3-4-6-22(18)27-11-13-30-14-12-27)23(28)21-15-20(24-25-21)17-7-9-19(29-2)10-8-17/h3-10,15H,11-14,16H2,1-2H3,(H,24,25). The number of benzene rings is 2. The molecule has 1 fully saturated rings. The van der Waals surface area contributed by atoms with E-state index in [2.05, 4.69) is 27.2 Å². The van der Waals surface area contributed by atoms with Crippen LogP contribution in [-0.4, -0.2) is 61.5 Å². The number of para-hydroxylation sites is 1. The van der Waals surface area contributed by atoms with Crippen LogP contribution in [0, 0.1) is 0 Å². The number of hydrogen-bond donors (Lipinski definition) is 1. The molecule has 0 unspecified atom stereocenters. The number of rotatable bonds is 6. The molecule has 0 spiro atoms. The van der Waals surface area contributed by atoms with Gasteiger partial charge in [0, 0.05) is 37.9 Å². The van der Waals surface area contributed by atoms with Gasteiger partial charge in [-0.15, -0.1) is 0 Å². The van der Waals surface area contributed by atoms with Crippen LogP contribution in [0.25, 0.3) is 11.3 Å². The molecule has 0 saturated carbocycles. The summed E-state index contributed by atoms with van der Waals surface area (Å²) in [6, 6.07) is 17.6. The van der Waals surface area contributed by atoms with Crippen molar-refractivity contribution in [3.05, 3.63) is 65.9 Å². The van der Waals surface area contributed by atoms with E-state index in [0.717, 1.165) is 54.6 Å². The van der Waals surface area contributed by atoms with Gasteiger partial charge in [-0.1, -0.05) is 18.2 Å². The quantitative estimate of drug-likeness (QED) is 0.681. The van der Waals surface area contributed by atoms with Crippen LogP contribution >= 0.6 is 0 Å². The normalized spacial score (nSPS) is 13.9. The number of carbonyl (C=O) groups is 1. The summed E-state index contributed by atoms with van der Waals surface area (Å²) in [6.45, 7) is 3.70. The van der Waals surface area contributed by atoms with E-state index in [-0.39, 0.29) is 5.91 Å². The van der Waals surface area contributed by atoms with Crippen LogP contribution in [0.5, 0.6) is 5.75 Å². The lowest BCUT2D eigenvalue weighted by Crippen LogP contribution is -2.37. The molecule has 1 aliphatic heterocycles. The van der Waals surface area contributed by atoms with E-state index in [4.69, 9.17) is 9.47 Å². The summed E-state index contributed by atoms with van der Waals surface area (Å²) in [5, 5.41) is 7.19. The lowest BCUT2D eigenvalue weighted by atomic mass is 10.1. The first-order valence-electron chi connectivity index (χ1n) is 10.0. The van der Waals surface area contributed by atoms with Gasteiger partial charge in [0.2, 0.25) is 0 Å². The van der Waals surface area contributed by atoms with Gasteiger partial charge in [-0.3, -0.25) is 9.89 Å². The predicted octanol–water partition coefficient (Wildman–Crippen LogP) is 3.19. The Kier molecular flexibility index (Phi) is 5.99. The maximum absolute atomic E-state index is 13.0. The second-order valence-electron chi connectivity index (χ2n) is 7.28. The summed E-state index contributed by atoms with van der Waals surface area (Å²) in [7, 11) is 3.44. The fraction of sp³-hybridized carbons (Fsp3) is 0.304. The number of ether oxygens (including phenoxy) is 2. The van der Waals surface area contributed by atoms with Gasteiger partial charge in [0.25, 0.3) is 5.91 Å². The highest BCUT2D eigenvalue weighted by Gasteiger charge is 2.19. The molecular formula is C23H26N4O3. The second kappa shape index (κ2) is 9.00. The summed E-state index contributed by atoms with van der Waals surface area (Å²) < 4.78 is 10.7. The zero-order valence-electron chi connectivity index (χ0n) is 17.3. The van der Waals surface area contributed by atoms with Gasteiger partial charge in [-0.05, 0) is 42.0 Å². The van der Waals surface area contributed by atoms with Crippen molar-refractivity contribution in [2.75, 3.05) is 45.4 Å². The summed E-state index contributed by atoms with van der Waals surface area (Å²) in [5.74, 6) is 0.684. The Hall–Kier alpha value is -3.32. The number of amides is 1. The maximum Gasteiger partial charge on any atom is 0.271 e. The Morgan fingerprint density at radius 2 is 1.90 bits per heavy atom. The number of aromatic nitrogens is 2. The molecule has 2 aromatic carbocycles. The molecule has 1 amide bonds. The number of aromatic amines is 1. The fourth-order valence-corrected chi connectivity index (χ4v) is 3.63. The summed E-state index contributed by atoms with van der Waals surface area (Å²) in [6.07, 6.45) is 0. The highest BCUT2D eigenvalue weighted by Crippen LogP contribution is 2.24. The first kappa shape index (κ1) is 20.0. The lowest BCUT2D eigenvalue weighted by molar-refractivity contribution is 0.0779. The van der Waals surface area contributed by atoms with Crippen molar-refractivity contribution in [1.82, 2.24) is 15.1 Å². The van der Waals surface area contributed by atoms with E-state index in [0.29, 0.717) is 12.2 Å². The van der Waals surface area contributed by atoms with Crippen LogP contribution in [0.15, 0.2) is 54.6 Å². The topological polar surface area (TPSA) is 70.7 Å². The fourth-order valence-electron chi connectivity index (χ4n) is 3.63. The molecule has 30 heavy (non-hydrogen) atoms. The van der Waals surface area contributed by atoms with Crippen LogP contribution in [0.2, 0.25) is 0 Å². The Morgan fingerprint density at radius 1 is 1.17 bits per heavy atom. The van der Waals surface area contributed by atoms with Gasteiger partial charge >= 0.3 is 0 Å². The number of H-pyrrole nitrogens is 1. The third-order valence-corrected chi connectivity index (χ3v) is 5.29. The average Bonchev–Trinajstić information content (AvgIpc) is 3.30. The lowest BCUT2D eigenvalue weighted by Gasteiger charge is -2.31. The van der Waals surface area contributed by atoms with Gasteiger partial charge in [0.15, 0.2) is 0 Å². The van der Waals surface area contributed by atoms with Gasteiger partial charge in [0.05, 0.1) is 26.0 Å². The van der Waals surface area contributed by atoms with E-state index in [1.807, 2.05) is 43.4 Å². The highest BCUT2D eigenvalue weighted by atomic mass is 16.5. The van der Waals surface area contributed by atoms with Crippen molar-refractivity contribution in [1.29, 1.82) is 0 Å². The summed E-state index contributed by atoms with van der Waals surface area (Å²) in [5.41, 5.74) is 4.39. The summed E-state index contributed by atoms with van der Waals surface area (Å²) in [4.78, 5) is 17.0. The molecule has 2 heterocycles. The molecule has 156 valence electrons. The molecular weight excluding hydrogens is 380 g/mol. The Balaban J connectivity index is 1.47. The number of nitrogens with zero attached hydrogens (tertiary/aromatic N) is 3. The number of carbonyl (C=O) groups excluding carboxylic acids is 1. The monoisotopic (exact) mass is 406 g/mol. The van der Waals surface area contributed by atoms with E-state index in [1.165, 1.54) is 0 Å². The minimum Gasteiger partial charge on any atom is -0.497 e. The van der Waals surface area contributed by atoms with Gasteiger partial charge in [-0.25, -0.2) is 0 Å². The molecule has 1 N–H and O–H groups in total. The van der Waals surface area contributed by atoms with Crippen LogP contribution in [-0.2, 0) is 11.3 Å². The van der Waals surface area contributed by atoms with Gasteiger partial charge in [-0.2, -0.15) is 5.10 Å². The molecule has 0 atom stereocenters. The SMILES string of the molecule is COc1ccc(-c2cc(C(=O)N(C)Cc3ccccc3N3CCOCC3)[nH]n2)cc1. The van der Waals surface area contributed by atoms with Crippen molar-refractivity contribution in [3.8, 4) is 17.0 Å². The number of anilines is 1. The minimum absolute atomic E-state index is 0.0981. The van der Waals surface area contributed by atoms with Crippen molar-refractivity contribution in [2.45, 2.75) is 6.54 Å². The molecule has 1 aliphatic rings. The Labute approximate surface area is 176 Å². The van der Waals surface area contributed by atoms with Crippen molar-refractivity contribution < 1.29 is 14.3 Å². The zero-order chi connectivity index (χ0) is 20.9. The molecule has 7 nitrogen and oxygen atoms in total. The molecule has 1 saturated heterocycles. The zero-order valence-corrected chi connectivity index (χ0v) is 17.3. The first-order chi connectivity index (χ1) is 14.7. The molecule has 4 rings (SSSR count).